The van der Waals surface area contributed by atoms with Crippen LogP contribution in [0.3, 0.4) is 0 Å². The van der Waals surface area contributed by atoms with E-state index in [1.54, 1.807) is 0 Å². The van der Waals surface area contributed by atoms with Gasteiger partial charge in [-0.15, -0.1) is 0 Å². The summed E-state index contributed by atoms with van der Waals surface area (Å²) in [7, 11) is 0. The molecule has 5 nitrogen and oxygen atoms in total. The molecule has 2 fully saturated rings. The minimum absolute atomic E-state index is 0.494. The van der Waals surface area contributed by atoms with E-state index in [0.29, 0.717) is 17.1 Å². The molecule has 0 bridgehead atoms. The second-order valence-corrected chi connectivity index (χ2v) is 7.43. The highest BCUT2D eigenvalue weighted by Crippen LogP contribution is 2.20. The molecule has 1 aromatic rings. The highest BCUT2D eigenvalue weighted by molar-refractivity contribution is 7.80. The largest absolute Gasteiger partial charge is 0.360 e. The van der Waals surface area contributed by atoms with Gasteiger partial charge in [0.15, 0.2) is 5.11 Å². The first-order chi connectivity index (χ1) is 11.7. The van der Waals surface area contributed by atoms with Crippen molar-refractivity contribution in [2.24, 2.45) is 0 Å². The van der Waals surface area contributed by atoms with Gasteiger partial charge in [-0.25, -0.2) is 4.98 Å². The van der Waals surface area contributed by atoms with Crippen LogP contribution in [0.1, 0.15) is 63.5 Å². The van der Waals surface area contributed by atoms with Crippen molar-refractivity contribution in [1.82, 2.24) is 15.3 Å². The molecule has 24 heavy (non-hydrogen) atoms. The van der Waals surface area contributed by atoms with Gasteiger partial charge in [-0.1, -0.05) is 32.1 Å². The maximum atomic E-state index is 5.47. The first-order valence-electron chi connectivity index (χ1n) is 9.39. The summed E-state index contributed by atoms with van der Waals surface area (Å²) in [6.45, 7) is 4.19. The van der Waals surface area contributed by atoms with E-state index in [2.05, 4.69) is 26.6 Å². The van der Waals surface area contributed by atoms with Crippen LogP contribution in [0.15, 0.2) is 6.07 Å². The molecule has 1 aromatic heterocycles. The van der Waals surface area contributed by atoms with E-state index in [0.717, 1.165) is 24.6 Å². The number of rotatable bonds is 3. The Kier molecular flexibility index (Phi) is 6.24. The molecule has 6 heteroatoms. The van der Waals surface area contributed by atoms with Gasteiger partial charge in [-0.05, 0) is 44.8 Å². The van der Waals surface area contributed by atoms with Crippen molar-refractivity contribution in [3.63, 3.8) is 0 Å². The zero-order valence-corrected chi connectivity index (χ0v) is 15.5. The highest BCUT2D eigenvalue weighted by Gasteiger charge is 2.16. The Labute approximate surface area is 150 Å². The first-order valence-corrected chi connectivity index (χ1v) is 9.80. The lowest BCUT2D eigenvalue weighted by molar-refractivity contribution is 0.414. The van der Waals surface area contributed by atoms with Crippen molar-refractivity contribution in [1.29, 1.82) is 0 Å². The van der Waals surface area contributed by atoms with Gasteiger partial charge >= 0.3 is 0 Å². The van der Waals surface area contributed by atoms with Crippen LogP contribution in [0.4, 0.5) is 11.8 Å². The molecule has 132 valence electrons. The predicted molar refractivity (Wildman–Crippen MR) is 104 cm³/mol. The van der Waals surface area contributed by atoms with Gasteiger partial charge in [0.05, 0.1) is 0 Å². The fourth-order valence-corrected chi connectivity index (χ4v) is 3.90. The molecule has 2 N–H and O–H groups in total. The van der Waals surface area contributed by atoms with Crippen LogP contribution < -0.4 is 15.5 Å². The molecule has 2 heterocycles. The molecule has 2 aliphatic rings. The van der Waals surface area contributed by atoms with Crippen molar-refractivity contribution < 1.29 is 0 Å². The molecule has 0 radical (unpaired) electrons. The fourth-order valence-electron chi connectivity index (χ4n) is 3.64. The van der Waals surface area contributed by atoms with Gasteiger partial charge in [0.25, 0.3) is 0 Å². The van der Waals surface area contributed by atoms with E-state index in [9.17, 15) is 0 Å². The number of nitrogens with zero attached hydrogens (tertiary/aromatic N) is 3. The zero-order chi connectivity index (χ0) is 16.8. The van der Waals surface area contributed by atoms with Crippen molar-refractivity contribution in [3.8, 4) is 0 Å². The first kappa shape index (κ1) is 17.4. The lowest BCUT2D eigenvalue weighted by Crippen LogP contribution is -2.39. The maximum Gasteiger partial charge on any atom is 0.231 e. The summed E-state index contributed by atoms with van der Waals surface area (Å²) in [6, 6.07) is 2.57. The number of hydrogen-bond donors (Lipinski definition) is 2. The molecule has 0 atom stereocenters. The van der Waals surface area contributed by atoms with Crippen LogP contribution >= 0.6 is 12.2 Å². The molecule has 3 rings (SSSR count). The summed E-state index contributed by atoms with van der Waals surface area (Å²) in [5.41, 5.74) is 0.979. The van der Waals surface area contributed by atoms with Crippen molar-refractivity contribution >= 4 is 29.1 Å². The summed E-state index contributed by atoms with van der Waals surface area (Å²) in [5.74, 6) is 1.63. The van der Waals surface area contributed by atoms with Crippen LogP contribution in [0, 0.1) is 6.92 Å². The van der Waals surface area contributed by atoms with Crippen LogP contribution in [0.2, 0.25) is 0 Å². The van der Waals surface area contributed by atoms with Crippen LogP contribution in [0.5, 0.6) is 0 Å². The van der Waals surface area contributed by atoms with E-state index in [-0.39, 0.29) is 0 Å². The molecule has 0 unspecified atom stereocenters. The van der Waals surface area contributed by atoms with Gasteiger partial charge in [0, 0.05) is 30.9 Å². The lowest BCUT2D eigenvalue weighted by Gasteiger charge is -2.25. The number of aryl methyl sites for hydroxylation is 1. The Bertz CT molecular complexity index is 548. The van der Waals surface area contributed by atoms with Gasteiger partial charge < -0.3 is 15.5 Å². The minimum Gasteiger partial charge on any atom is -0.360 e. The molecule has 1 aliphatic heterocycles. The van der Waals surface area contributed by atoms with Gasteiger partial charge in [0.2, 0.25) is 5.95 Å². The van der Waals surface area contributed by atoms with Crippen molar-refractivity contribution in [2.75, 3.05) is 23.3 Å². The van der Waals surface area contributed by atoms with Crippen LogP contribution in [0.25, 0.3) is 0 Å². The summed E-state index contributed by atoms with van der Waals surface area (Å²) in [6.07, 6.45) is 11.5. The van der Waals surface area contributed by atoms with Gasteiger partial charge in [-0.3, -0.25) is 0 Å². The summed E-state index contributed by atoms with van der Waals surface area (Å²) >= 11 is 5.47. The number of aromatic nitrogens is 2. The standard InChI is InChI=1S/C18H29N5S/c1-14-13-16(23-11-7-2-3-8-12-23)21-17(19-14)22-18(24)20-15-9-5-4-6-10-15/h13,15H,2-12H2,1H3,(H2,19,20,21,22,24). The average Bonchev–Trinajstić information content (AvgIpc) is 2.84. The molecule has 0 aromatic carbocycles. The number of anilines is 2. The second kappa shape index (κ2) is 8.60. The number of hydrogen-bond acceptors (Lipinski definition) is 4. The Balaban J connectivity index is 1.63. The maximum absolute atomic E-state index is 5.47. The Hall–Kier alpha value is -1.43. The monoisotopic (exact) mass is 347 g/mol. The normalized spacial score (nSPS) is 19.6. The van der Waals surface area contributed by atoms with Crippen LogP contribution in [-0.2, 0) is 0 Å². The number of nitrogens with one attached hydrogen (secondary N) is 2. The molecule has 0 amide bonds. The average molecular weight is 348 g/mol. The highest BCUT2D eigenvalue weighted by atomic mass is 32.1. The Morgan fingerprint density at radius 1 is 1.04 bits per heavy atom. The van der Waals surface area contributed by atoms with E-state index in [1.807, 2.05) is 6.92 Å². The molecular formula is C18H29N5S. The predicted octanol–water partition coefficient (Wildman–Crippen LogP) is 3.78. The summed E-state index contributed by atoms with van der Waals surface area (Å²) < 4.78 is 0. The topological polar surface area (TPSA) is 53.1 Å². The van der Waals surface area contributed by atoms with E-state index in [4.69, 9.17) is 17.2 Å². The summed E-state index contributed by atoms with van der Waals surface area (Å²) in [5, 5.41) is 7.27. The third kappa shape index (κ3) is 5.03. The lowest BCUT2D eigenvalue weighted by atomic mass is 9.96. The van der Waals surface area contributed by atoms with E-state index < -0.39 is 0 Å². The SMILES string of the molecule is Cc1cc(N2CCCCCC2)nc(NC(=S)NC2CCCCC2)n1. The van der Waals surface area contributed by atoms with Gasteiger partial charge in [-0.2, -0.15) is 4.98 Å². The molecule has 1 saturated carbocycles. The van der Waals surface area contributed by atoms with Crippen molar-refractivity contribution in [2.45, 2.75) is 70.8 Å². The van der Waals surface area contributed by atoms with Gasteiger partial charge in [0.1, 0.15) is 5.82 Å². The van der Waals surface area contributed by atoms with Crippen molar-refractivity contribution in [3.05, 3.63) is 11.8 Å². The van der Waals surface area contributed by atoms with E-state index >= 15 is 0 Å². The molecular weight excluding hydrogens is 318 g/mol. The quantitative estimate of drug-likeness (QED) is 0.812. The zero-order valence-electron chi connectivity index (χ0n) is 14.7. The third-order valence-electron chi connectivity index (χ3n) is 4.94. The van der Waals surface area contributed by atoms with Crippen LogP contribution in [-0.4, -0.2) is 34.2 Å². The smallest absolute Gasteiger partial charge is 0.231 e. The molecule has 1 saturated heterocycles. The molecule has 0 spiro atoms. The second-order valence-electron chi connectivity index (χ2n) is 7.03. The third-order valence-corrected chi connectivity index (χ3v) is 5.16. The molecule has 1 aliphatic carbocycles. The summed E-state index contributed by atoms with van der Waals surface area (Å²) in [4.78, 5) is 11.6. The van der Waals surface area contributed by atoms with E-state index in [1.165, 1.54) is 57.8 Å². The minimum atomic E-state index is 0.494. The fraction of sp³-hybridized carbons (Fsp3) is 0.722. The number of thiocarbonyl (C=S) groups is 1. The Morgan fingerprint density at radius 3 is 2.42 bits per heavy atom. The Morgan fingerprint density at radius 2 is 1.71 bits per heavy atom.